The Bertz CT molecular complexity index is 508. The molecule has 0 radical (unpaired) electrons. The molecule has 6 heteroatoms. The number of rotatable bonds is 4. The van der Waals surface area contributed by atoms with Crippen LogP contribution in [0.25, 0.3) is 0 Å². The van der Waals surface area contributed by atoms with Gasteiger partial charge in [-0.25, -0.2) is 0 Å². The molecule has 1 fully saturated rings. The third-order valence-electron chi connectivity index (χ3n) is 3.23. The van der Waals surface area contributed by atoms with Crippen molar-refractivity contribution >= 4 is 17.5 Å². The molecule has 1 aliphatic heterocycles. The zero-order chi connectivity index (χ0) is 14.7. The fraction of sp³-hybridized carbons (Fsp3) is 0.429. The highest BCUT2D eigenvalue weighted by atomic mass is 16.5. The Hall–Kier alpha value is -2.24. The maximum atomic E-state index is 12.3. The van der Waals surface area contributed by atoms with Crippen molar-refractivity contribution in [2.24, 2.45) is 0 Å². The van der Waals surface area contributed by atoms with E-state index in [0.717, 1.165) is 0 Å². The van der Waals surface area contributed by atoms with Gasteiger partial charge in [0.1, 0.15) is 17.5 Å². The minimum atomic E-state index is -0.454. The lowest BCUT2D eigenvalue weighted by molar-refractivity contribution is -0.125. The molecule has 2 rings (SSSR count). The Kier molecular flexibility index (Phi) is 4.12. The van der Waals surface area contributed by atoms with Crippen LogP contribution in [0.3, 0.4) is 0 Å². The van der Waals surface area contributed by atoms with Gasteiger partial charge in [0.25, 0.3) is 0 Å². The molecular formula is C14H18N2O4. The second kappa shape index (κ2) is 5.81. The summed E-state index contributed by atoms with van der Waals surface area (Å²) >= 11 is 0. The van der Waals surface area contributed by atoms with E-state index >= 15 is 0 Å². The van der Waals surface area contributed by atoms with Crippen LogP contribution < -0.4 is 19.7 Å². The number of hydrogen-bond donors (Lipinski definition) is 1. The van der Waals surface area contributed by atoms with Crippen LogP contribution in [0, 0.1) is 0 Å². The standard InChI is InChI=1S/C14H18N2O4/c1-9(17)15-13-4-5-16(14(13)18)10-6-11(19-2)8-12(7-10)20-3/h6-8,13H,4-5H2,1-3H3,(H,15,17). The first kappa shape index (κ1) is 14.2. The van der Waals surface area contributed by atoms with Crippen molar-refractivity contribution < 1.29 is 19.1 Å². The van der Waals surface area contributed by atoms with Gasteiger partial charge in [0.05, 0.1) is 19.9 Å². The predicted octanol–water partition coefficient (Wildman–Crippen LogP) is 0.945. The summed E-state index contributed by atoms with van der Waals surface area (Å²) in [6.07, 6.45) is 0.595. The maximum absolute atomic E-state index is 12.3. The number of carbonyl (C=O) groups excluding carboxylic acids is 2. The van der Waals surface area contributed by atoms with Crippen molar-refractivity contribution in [3.05, 3.63) is 18.2 Å². The molecule has 1 aliphatic rings. The van der Waals surface area contributed by atoms with Gasteiger partial charge in [0.2, 0.25) is 11.8 Å². The number of amides is 2. The largest absolute Gasteiger partial charge is 0.497 e. The molecule has 1 heterocycles. The van der Waals surface area contributed by atoms with Gasteiger partial charge >= 0.3 is 0 Å². The van der Waals surface area contributed by atoms with Gasteiger partial charge in [-0.2, -0.15) is 0 Å². The monoisotopic (exact) mass is 278 g/mol. The lowest BCUT2D eigenvalue weighted by Crippen LogP contribution is -2.40. The highest BCUT2D eigenvalue weighted by Gasteiger charge is 2.33. The van der Waals surface area contributed by atoms with E-state index in [1.807, 2.05) is 0 Å². The van der Waals surface area contributed by atoms with Gasteiger partial charge < -0.3 is 19.7 Å². The second-order valence-electron chi connectivity index (χ2n) is 4.60. The Morgan fingerprint density at radius 2 is 1.85 bits per heavy atom. The quantitative estimate of drug-likeness (QED) is 0.890. The summed E-state index contributed by atoms with van der Waals surface area (Å²) in [7, 11) is 3.12. The molecule has 0 spiro atoms. The molecule has 1 aromatic rings. The Labute approximate surface area is 117 Å². The van der Waals surface area contributed by atoms with Gasteiger partial charge in [0.15, 0.2) is 0 Å². The first-order valence-electron chi connectivity index (χ1n) is 6.36. The van der Waals surface area contributed by atoms with E-state index < -0.39 is 6.04 Å². The molecule has 0 saturated carbocycles. The average Bonchev–Trinajstić information content (AvgIpc) is 2.79. The van der Waals surface area contributed by atoms with E-state index in [0.29, 0.717) is 30.2 Å². The average molecular weight is 278 g/mol. The van der Waals surface area contributed by atoms with Gasteiger partial charge in [-0.05, 0) is 6.42 Å². The number of ether oxygens (including phenoxy) is 2. The van der Waals surface area contributed by atoms with Crippen molar-refractivity contribution in [1.29, 1.82) is 0 Å². The zero-order valence-electron chi connectivity index (χ0n) is 11.8. The highest BCUT2D eigenvalue weighted by Crippen LogP contribution is 2.30. The van der Waals surface area contributed by atoms with E-state index in [-0.39, 0.29) is 11.8 Å². The highest BCUT2D eigenvalue weighted by molar-refractivity contribution is 6.01. The molecule has 1 saturated heterocycles. The summed E-state index contributed by atoms with van der Waals surface area (Å²) in [5.41, 5.74) is 0.707. The third-order valence-corrected chi connectivity index (χ3v) is 3.23. The van der Waals surface area contributed by atoms with E-state index in [9.17, 15) is 9.59 Å². The molecule has 6 nitrogen and oxygen atoms in total. The molecule has 2 amide bonds. The van der Waals surface area contributed by atoms with Crippen LogP contribution in [-0.4, -0.2) is 38.6 Å². The first-order valence-corrected chi connectivity index (χ1v) is 6.36. The lowest BCUT2D eigenvalue weighted by atomic mass is 10.2. The summed E-state index contributed by atoms with van der Waals surface area (Å²) < 4.78 is 10.4. The minimum absolute atomic E-state index is 0.115. The van der Waals surface area contributed by atoms with Crippen molar-refractivity contribution in [3.8, 4) is 11.5 Å². The van der Waals surface area contributed by atoms with Crippen LogP contribution >= 0.6 is 0 Å². The molecule has 1 unspecified atom stereocenters. The molecule has 0 bridgehead atoms. The van der Waals surface area contributed by atoms with Gasteiger partial charge in [-0.1, -0.05) is 0 Å². The van der Waals surface area contributed by atoms with Crippen LogP contribution in [0.5, 0.6) is 11.5 Å². The molecule has 108 valence electrons. The van der Waals surface area contributed by atoms with Crippen LogP contribution in [0.15, 0.2) is 18.2 Å². The summed E-state index contributed by atoms with van der Waals surface area (Å²) in [6, 6.07) is 4.84. The number of hydrogen-bond acceptors (Lipinski definition) is 4. The van der Waals surface area contributed by atoms with Crippen LogP contribution in [-0.2, 0) is 9.59 Å². The van der Waals surface area contributed by atoms with Crippen LogP contribution in [0.4, 0.5) is 5.69 Å². The van der Waals surface area contributed by atoms with E-state index in [1.165, 1.54) is 6.92 Å². The van der Waals surface area contributed by atoms with Crippen LogP contribution in [0.1, 0.15) is 13.3 Å². The third kappa shape index (κ3) is 2.84. The predicted molar refractivity (Wildman–Crippen MR) is 74.1 cm³/mol. The first-order chi connectivity index (χ1) is 9.55. The maximum Gasteiger partial charge on any atom is 0.249 e. The molecule has 20 heavy (non-hydrogen) atoms. The SMILES string of the molecule is COc1cc(OC)cc(N2CCC(NC(C)=O)C2=O)c1. The number of methoxy groups -OCH3 is 2. The molecule has 0 aromatic heterocycles. The number of benzene rings is 1. The molecule has 1 atom stereocenters. The van der Waals surface area contributed by atoms with E-state index in [1.54, 1.807) is 37.3 Å². The van der Waals surface area contributed by atoms with E-state index in [4.69, 9.17) is 9.47 Å². The van der Waals surface area contributed by atoms with Crippen molar-refractivity contribution in [2.75, 3.05) is 25.7 Å². The molecular weight excluding hydrogens is 260 g/mol. The summed E-state index contributed by atoms with van der Waals surface area (Å²) in [4.78, 5) is 25.0. The van der Waals surface area contributed by atoms with Gasteiger partial charge in [-0.15, -0.1) is 0 Å². The second-order valence-corrected chi connectivity index (χ2v) is 4.60. The Balaban J connectivity index is 2.24. The lowest BCUT2D eigenvalue weighted by Gasteiger charge is -2.18. The number of carbonyl (C=O) groups is 2. The number of nitrogens with one attached hydrogen (secondary N) is 1. The van der Waals surface area contributed by atoms with Crippen molar-refractivity contribution in [3.63, 3.8) is 0 Å². The fourth-order valence-corrected chi connectivity index (χ4v) is 2.26. The van der Waals surface area contributed by atoms with Gasteiger partial charge in [0, 0.05) is 31.7 Å². The topological polar surface area (TPSA) is 67.9 Å². The summed E-state index contributed by atoms with van der Waals surface area (Å²) in [5.74, 6) is 0.925. The number of nitrogens with zero attached hydrogens (tertiary/aromatic N) is 1. The zero-order valence-corrected chi connectivity index (χ0v) is 11.8. The summed E-state index contributed by atoms with van der Waals surface area (Å²) in [6.45, 7) is 1.96. The molecule has 1 N–H and O–H groups in total. The fourth-order valence-electron chi connectivity index (χ4n) is 2.26. The van der Waals surface area contributed by atoms with E-state index in [2.05, 4.69) is 5.32 Å². The Morgan fingerprint density at radius 3 is 2.35 bits per heavy atom. The normalized spacial score (nSPS) is 18.1. The van der Waals surface area contributed by atoms with Crippen molar-refractivity contribution in [2.45, 2.75) is 19.4 Å². The minimum Gasteiger partial charge on any atom is -0.497 e. The summed E-state index contributed by atoms with van der Waals surface area (Å²) in [5, 5.41) is 2.66. The van der Waals surface area contributed by atoms with Gasteiger partial charge in [-0.3, -0.25) is 9.59 Å². The Morgan fingerprint density at radius 1 is 1.25 bits per heavy atom. The number of anilines is 1. The molecule has 0 aliphatic carbocycles. The van der Waals surface area contributed by atoms with Crippen molar-refractivity contribution in [1.82, 2.24) is 5.32 Å². The smallest absolute Gasteiger partial charge is 0.249 e. The van der Waals surface area contributed by atoms with Crippen LogP contribution in [0.2, 0.25) is 0 Å². The molecule has 1 aromatic carbocycles.